The second kappa shape index (κ2) is 7.36. The summed E-state index contributed by atoms with van der Waals surface area (Å²) in [5.41, 5.74) is 1.14. The van der Waals surface area contributed by atoms with Gasteiger partial charge in [-0.25, -0.2) is 0 Å². The molecule has 0 saturated heterocycles. The summed E-state index contributed by atoms with van der Waals surface area (Å²) in [6.45, 7) is 7.47. The van der Waals surface area contributed by atoms with Gasteiger partial charge in [0.2, 0.25) is 0 Å². The van der Waals surface area contributed by atoms with Crippen LogP contribution in [0.1, 0.15) is 26.0 Å². The Bertz CT molecular complexity index is 274. The third-order valence-electron chi connectivity index (χ3n) is 2.88. The Kier molecular flexibility index (Phi) is 6.04. The van der Waals surface area contributed by atoms with Crippen molar-refractivity contribution in [1.29, 1.82) is 0 Å². The molecular weight excluding hydrogens is 198 g/mol. The molecule has 3 nitrogen and oxygen atoms in total. The normalized spacial score (nSPS) is 13.0. The van der Waals surface area contributed by atoms with E-state index in [4.69, 9.17) is 0 Å². The predicted molar refractivity (Wildman–Crippen MR) is 68.3 cm³/mol. The number of rotatable bonds is 7. The highest BCUT2D eigenvalue weighted by Crippen LogP contribution is 2.05. The molecule has 0 amide bonds. The lowest BCUT2D eigenvalue weighted by Gasteiger charge is -2.24. The van der Waals surface area contributed by atoms with Crippen molar-refractivity contribution >= 4 is 0 Å². The highest BCUT2D eigenvalue weighted by atomic mass is 15.1. The highest BCUT2D eigenvalue weighted by molar-refractivity contribution is 5.03. The van der Waals surface area contributed by atoms with Crippen LogP contribution in [0.2, 0.25) is 0 Å². The van der Waals surface area contributed by atoms with Crippen molar-refractivity contribution in [3.05, 3.63) is 30.1 Å². The number of nitrogens with one attached hydrogen (secondary N) is 1. The van der Waals surface area contributed by atoms with Crippen molar-refractivity contribution in [2.24, 2.45) is 0 Å². The second-order valence-electron chi connectivity index (χ2n) is 4.23. The van der Waals surface area contributed by atoms with Gasteiger partial charge in [0.05, 0.1) is 5.69 Å². The third-order valence-corrected chi connectivity index (χ3v) is 2.88. The molecule has 1 N–H and O–H groups in total. The second-order valence-corrected chi connectivity index (χ2v) is 4.23. The van der Waals surface area contributed by atoms with Crippen LogP contribution in [0.5, 0.6) is 0 Å². The van der Waals surface area contributed by atoms with Crippen LogP contribution in [0.4, 0.5) is 0 Å². The van der Waals surface area contributed by atoms with Crippen LogP contribution in [0.15, 0.2) is 24.4 Å². The van der Waals surface area contributed by atoms with Crippen molar-refractivity contribution in [3.63, 3.8) is 0 Å². The number of aromatic nitrogens is 1. The molecular formula is C13H23N3. The fourth-order valence-electron chi connectivity index (χ4n) is 1.61. The Hall–Kier alpha value is -0.930. The van der Waals surface area contributed by atoms with Gasteiger partial charge >= 0.3 is 0 Å². The summed E-state index contributed by atoms with van der Waals surface area (Å²) >= 11 is 0. The maximum absolute atomic E-state index is 4.34. The van der Waals surface area contributed by atoms with E-state index in [2.05, 4.69) is 42.2 Å². The third kappa shape index (κ3) is 4.73. The van der Waals surface area contributed by atoms with Gasteiger partial charge in [0, 0.05) is 18.8 Å². The standard InChI is InChI=1S/C13H23N3/c1-4-14-10-8-12(2)16(3)11-13-7-5-6-9-15-13/h5-7,9,12,14H,4,8,10-11H2,1-3H3. The minimum Gasteiger partial charge on any atom is -0.317 e. The molecule has 0 saturated carbocycles. The summed E-state index contributed by atoms with van der Waals surface area (Å²) in [5.74, 6) is 0. The van der Waals surface area contributed by atoms with E-state index in [0.29, 0.717) is 6.04 Å². The van der Waals surface area contributed by atoms with Gasteiger partial charge < -0.3 is 5.32 Å². The van der Waals surface area contributed by atoms with Gasteiger partial charge in [-0.15, -0.1) is 0 Å². The summed E-state index contributed by atoms with van der Waals surface area (Å²) in [6, 6.07) is 6.66. The molecule has 0 aromatic carbocycles. The molecule has 16 heavy (non-hydrogen) atoms. The molecule has 0 fully saturated rings. The van der Waals surface area contributed by atoms with Crippen molar-refractivity contribution in [3.8, 4) is 0 Å². The van der Waals surface area contributed by atoms with E-state index in [-0.39, 0.29) is 0 Å². The summed E-state index contributed by atoms with van der Waals surface area (Å²) < 4.78 is 0. The first kappa shape index (κ1) is 13.1. The molecule has 90 valence electrons. The minimum absolute atomic E-state index is 0.584. The van der Waals surface area contributed by atoms with Crippen LogP contribution in [-0.4, -0.2) is 36.1 Å². The highest BCUT2D eigenvalue weighted by Gasteiger charge is 2.09. The van der Waals surface area contributed by atoms with Crippen molar-refractivity contribution in [2.75, 3.05) is 20.1 Å². The first-order chi connectivity index (χ1) is 7.74. The first-order valence-corrected chi connectivity index (χ1v) is 6.05. The van der Waals surface area contributed by atoms with Crippen LogP contribution in [0.25, 0.3) is 0 Å². The lowest BCUT2D eigenvalue weighted by atomic mass is 10.2. The average molecular weight is 221 g/mol. The SMILES string of the molecule is CCNCCC(C)N(C)Cc1ccccn1. The zero-order valence-electron chi connectivity index (χ0n) is 10.6. The Balaban J connectivity index is 2.31. The lowest BCUT2D eigenvalue weighted by Crippen LogP contribution is -2.32. The molecule has 0 aliphatic heterocycles. The van der Waals surface area contributed by atoms with Crippen LogP contribution in [-0.2, 0) is 6.54 Å². The predicted octanol–water partition coefficient (Wildman–Crippen LogP) is 1.90. The van der Waals surface area contributed by atoms with Gasteiger partial charge in [-0.1, -0.05) is 13.0 Å². The van der Waals surface area contributed by atoms with Crippen molar-refractivity contribution in [1.82, 2.24) is 15.2 Å². The zero-order valence-corrected chi connectivity index (χ0v) is 10.6. The van der Waals surface area contributed by atoms with E-state index < -0.39 is 0 Å². The fraction of sp³-hybridized carbons (Fsp3) is 0.615. The van der Waals surface area contributed by atoms with E-state index in [0.717, 1.165) is 25.3 Å². The first-order valence-electron chi connectivity index (χ1n) is 6.05. The molecule has 0 aliphatic carbocycles. The molecule has 0 radical (unpaired) electrons. The molecule has 1 rings (SSSR count). The molecule has 0 aliphatic rings. The summed E-state index contributed by atoms with van der Waals surface area (Å²) in [4.78, 5) is 6.69. The Labute approximate surface area is 98.9 Å². The van der Waals surface area contributed by atoms with E-state index in [1.54, 1.807) is 0 Å². The van der Waals surface area contributed by atoms with Gasteiger partial charge in [0.15, 0.2) is 0 Å². The minimum atomic E-state index is 0.584. The average Bonchev–Trinajstić information content (AvgIpc) is 2.30. The quantitative estimate of drug-likeness (QED) is 0.713. The van der Waals surface area contributed by atoms with E-state index in [1.165, 1.54) is 6.42 Å². The Morgan fingerprint density at radius 1 is 1.44 bits per heavy atom. The van der Waals surface area contributed by atoms with Crippen molar-refractivity contribution in [2.45, 2.75) is 32.9 Å². The van der Waals surface area contributed by atoms with Gasteiger partial charge in [0.25, 0.3) is 0 Å². The van der Waals surface area contributed by atoms with Crippen LogP contribution in [0, 0.1) is 0 Å². The lowest BCUT2D eigenvalue weighted by molar-refractivity contribution is 0.234. The number of hydrogen-bond acceptors (Lipinski definition) is 3. The number of hydrogen-bond donors (Lipinski definition) is 1. The largest absolute Gasteiger partial charge is 0.317 e. The topological polar surface area (TPSA) is 28.2 Å². The summed E-state index contributed by atoms with van der Waals surface area (Å²) in [7, 11) is 2.16. The van der Waals surface area contributed by atoms with Gasteiger partial charge in [-0.3, -0.25) is 9.88 Å². The maximum atomic E-state index is 4.34. The monoisotopic (exact) mass is 221 g/mol. The summed E-state index contributed by atoms with van der Waals surface area (Å²) in [6.07, 6.45) is 3.03. The van der Waals surface area contributed by atoms with E-state index >= 15 is 0 Å². The molecule has 1 aromatic rings. The van der Waals surface area contributed by atoms with Gasteiger partial charge in [-0.2, -0.15) is 0 Å². The smallest absolute Gasteiger partial charge is 0.0543 e. The Morgan fingerprint density at radius 3 is 2.88 bits per heavy atom. The van der Waals surface area contributed by atoms with Crippen molar-refractivity contribution < 1.29 is 0 Å². The van der Waals surface area contributed by atoms with Crippen LogP contribution < -0.4 is 5.32 Å². The number of pyridine rings is 1. The molecule has 1 heterocycles. The molecule has 1 unspecified atom stereocenters. The van der Waals surface area contributed by atoms with E-state index in [9.17, 15) is 0 Å². The summed E-state index contributed by atoms with van der Waals surface area (Å²) in [5, 5.41) is 3.36. The molecule has 0 spiro atoms. The van der Waals surface area contributed by atoms with Gasteiger partial charge in [0.1, 0.15) is 0 Å². The maximum Gasteiger partial charge on any atom is 0.0543 e. The van der Waals surface area contributed by atoms with Gasteiger partial charge in [-0.05, 0) is 45.6 Å². The molecule has 1 atom stereocenters. The number of nitrogens with zero attached hydrogens (tertiary/aromatic N) is 2. The molecule has 1 aromatic heterocycles. The fourth-order valence-corrected chi connectivity index (χ4v) is 1.61. The van der Waals surface area contributed by atoms with E-state index in [1.807, 2.05) is 18.3 Å². The van der Waals surface area contributed by atoms with Crippen LogP contribution in [0.3, 0.4) is 0 Å². The Morgan fingerprint density at radius 2 is 2.25 bits per heavy atom. The molecule has 3 heteroatoms. The molecule has 0 bridgehead atoms. The zero-order chi connectivity index (χ0) is 11.8. The van der Waals surface area contributed by atoms with Crippen LogP contribution >= 0.6 is 0 Å².